The molecule has 84 valence electrons. The minimum absolute atomic E-state index is 0.506. The van der Waals surface area contributed by atoms with Crippen LogP contribution in [0.5, 0.6) is 11.5 Å². The molecule has 1 aromatic carbocycles. The molecule has 1 rings (SSSR count). The maximum atomic E-state index is 9.73. The highest BCUT2D eigenvalue weighted by Gasteiger charge is 2.20. The first kappa shape index (κ1) is 12.4. The van der Waals surface area contributed by atoms with Crippen molar-refractivity contribution in [2.75, 3.05) is 14.2 Å². The molecule has 1 unspecified atom stereocenters. The molecule has 5 heteroatoms. The van der Waals surface area contributed by atoms with Crippen LogP contribution in [0.15, 0.2) is 18.2 Å². The number of hydrogen-bond acceptors (Lipinski definition) is 3. The Labute approximate surface area is 98.5 Å². The molecule has 1 aromatic rings. The summed E-state index contributed by atoms with van der Waals surface area (Å²) in [6.07, 6.45) is -1.00. The van der Waals surface area contributed by atoms with E-state index in [2.05, 4.69) is 0 Å². The molecule has 0 saturated heterocycles. The van der Waals surface area contributed by atoms with Crippen molar-refractivity contribution in [3.8, 4) is 11.5 Å². The highest BCUT2D eigenvalue weighted by molar-refractivity contribution is 6.44. The molecule has 0 heterocycles. The Kier molecular flexibility index (Phi) is 4.51. The van der Waals surface area contributed by atoms with Crippen LogP contribution in [0.1, 0.15) is 11.7 Å². The summed E-state index contributed by atoms with van der Waals surface area (Å²) in [6, 6.07) is 5.06. The lowest BCUT2D eigenvalue weighted by molar-refractivity contribution is 0.187. The van der Waals surface area contributed by atoms with E-state index in [0.717, 1.165) is 0 Å². The zero-order valence-corrected chi connectivity index (χ0v) is 9.92. The van der Waals surface area contributed by atoms with Crippen molar-refractivity contribution in [1.82, 2.24) is 0 Å². The molecule has 1 N–H and O–H groups in total. The van der Waals surface area contributed by atoms with E-state index in [0.29, 0.717) is 17.1 Å². The van der Waals surface area contributed by atoms with E-state index in [4.69, 9.17) is 32.7 Å². The molecule has 0 bridgehead atoms. The molecule has 0 aromatic heterocycles. The molecule has 1 atom stereocenters. The number of ether oxygens (including phenoxy) is 2. The van der Waals surface area contributed by atoms with Crippen LogP contribution in [0.25, 0.3) is 0 Å². The molecule has 0 saturated carbocycles. The van der Waals surface area contributed by atoms with Crippen molar-refractivity contribution >= 4 is 23.2 Å². The number of rotatable bonds is 4. The summed E-state index contributed by atoms with van der Waals surface area (Å²) in [7, 11) is 3.05. The molecule has 0 amide bonds. The van der Waals surface area contributed by atoms with Gasteiger partial charge in [0.15, 0.2) is 0 Å². The van der Waals surface area contributed by atoms with Gasteiger partial charge in [-0.1, -0.05) is 0 Å². The molecule has 3 nitrogen and oxygen atoms in total. The SMILES string of the molecule is COc1ccc(OC)c(C(O)C(Cl)Cl)c1. The topological polar surface area (TPSA) is 38.7 Å². The van der Waals surface area contributed by atoms with Crippen molar-refractivity contribution in [3.05, 3.63) is 23.8 Å². The first-order valence-corrected chi connectivity index (χ1v) is 5.15. The summed E-state index contributed by atoms with van der Waals surface area (Å²) in [4.78, 5) is -0.911. The molecule has 0 fully saturated rings. The molecule has 0 spiro atoms. The number of halogens is 2. The van der Waals surface area contributed by atoms with Gasteiger partial charge in [-0.05, 0) is 18.2 Å². The van der Waals surface area contributed by atoms with Crippen molar-refractivity contribution < 1.29 is 14.6 Å². The number of aliphatic hydroxyl groups is 1. The van der Waals surface area contributed by atoms with Crippen LogP contribution in [0.3, 0.4) is 0 Å². The Morgan fingerprint density at radius 1 is 1.20 bits per heavy atom. The van der Waals surface area contributed by atoms with Gasteiger partial charge in [0.25, 0.3) is 0 Å². The fourth-order valence-electron chi connectivity index (χ4n) is 1.21. The Hall–Kier alpha value is -0.640. The van der Waals surface area contributed by atoms with E-state index in [1.807, 2.05) is 0 Å². The number of alkyl halides is 2. The molecule has 0 aliphatic heterocycles. The van der Waals surface area contributed by atoms with Gasteiger partial charge in [0.05, 0.1) is 14.2 Å². The Morgan fingerprint density at radius 2 is 1.87 bits per heavy atom. The Balaban J connectivity index is 3.11. The zero-order valence-electron chi connectivity index (χ0n) is 8.41. The summed E-state index contributed by atoms with van der Waals surface area (Å²) in [6.45, 7) is 0. The van der Waals surface area contributed by atoms with Crippen LogP contribution < -0.4 is 9.47 Å². The third-order valence-corrected chi connectivity index (χ3v) is 2.47. The van der Waals surface area contributed by atoms with Crippen molar-refractivity contribution in [1.29, 1.82) is 0 Å². The largest absolute Gasteiger partial charge is 0.497 e. The van der Waals surface area contributed by atoms with E-state index in [-0.39, 0.29) is 0 Å². The van der Waals surface area contributed by atoms with Crippen molar-refractivity contribution in [3.63, 3.8) is 0 Å². The normalized spacial score (nSPS) is 12.7. The van der Waals surface area contributed by atoms with Gasteiger partial charge < -0.3 is 14.6 Å². The van der Waals surface area contributed by atoms with Gasteiger partial charge >= 0.3 is 0 Å². The lowest BCUT2D eigenvalue weighted by atomic mass is 10.1. The van der Waals surface area contributed by atoms with Crippen LogP contribution in [0, 0.1) is 0 Å². The third-order valence-electron chi connectivity index (χ3n) is 1.99. The third kappa shape index (κ3) is 2.91. The summed E-state index contributed by atoms with van der Waals surface area (Å²) in [5.41, 5.74) is 0.506. The van der Waals surface area contributed by atoms with E-state index < -0.39 is 10.9 Å². The van der Waals surface area contributed by atoms with Gasteiger partial charge in [0.1, 0.15) is 22.4 Å². The highest BCUT2D eigenvalue weighted by Crippen LogP contribution is 2.33. The van der Waals surface area contributed by atoms with Crippen LogP contribution in [0.4, 0.5) is 0 Å². The maximum absolute atomic E-state index is 9.73. The molecule has 0 radical (unpaired) electrons. The van der Waals surface area contributed by atoms with Crippen LogP contribution >= 0.6 is 23.2 Å². The second-order valence-corrected chi connectivity index (χ2v) is 4.05. The molecule has 0 aliphatic rings. The van der Waals surface area contributed by atoms with Crippen LogP contribution in [-0.2, 0) is 0 Å². The number of aliphatic hydroxyl groups excluding tert-OH is 1. The number of methoxy groups -OCH3 is 2. The number of hydrogen-bond donors (Lipinski definition) is 1. The Morgan fingerprint density at radius 3 is 2.33 bits per heavy atom. The molecular formula is C10H12Cl2O3. The summed E-state index contributed by atoms with van der Waals surface area (Å²) >= 11 is 11.2. The molecule has 0 aliphatic carbocycles. The zero-order chi connectivity index (χ0) is 11.4. The predicted molar refractivity (Wildman–Crippen MR) is 60.0 cm³/mol. The highest BCUT2D eigenvalue weighted by atomic mass is 35.5. The van der Waals surface area contributed by atoms with Gasteiger partial charge in [-0.25, -0.2) is 0 Å². The van der Waals surface area contributed by atoms with Crippen molar-refractivity contribution in [2.45, 2.75) is 10.9 Å². The minimum atomic E-state index is -1.00. The van der Waals surface area contributed by atoms with Crippen molar-refractivity contribution in [2.24, 2.45) is 0 Å². The quantitative estimate of drug-likeness (QED) is 0.835. The smallest absolute Gasteiger partial charge is 0.137 e. The van der Waals surface area contributed by atoms with E-state index in [1.54, 1.807) is 18.2 Å². The van der Waals surface area contributed by atoms with Gasteiger partial charge in [0, 0.05) is 5.56 Å². The first-order valence-electron chi connectivity index (χ1n) is 4.28. The lowest BCUT2D eigenvalue weighted by Crippen LogP contribution is -2.08. The lowest BCUT2D eigenvalue weighted by Gasteiger charge is -2.16. The first-order chi connectivity index (χ1) is 7.10. The van der Waals surface area contributed by atoms with Crippen LogP contribution in [-0.4, -0.2) is 24.2 Å². The summed E-state index contributed by atoms with van der Waals surface area (Å²) in [5, 5.41) is 9.73. The second-order valence-electron chi connectivity index (χ2n) is 2.89. The van der Waals surface area contributed by atoms with E-state index >= 15 is 0 Å². The average molecular weight is 251 g/mol. The maximum Gasteiger partial charge on any atom is 0.137 e. The second kappa shape index (κ2) is 5.45. The fourth-order valence-corrected chi connectivity index (χ4v) is 1.48. The number of benzene rings is 1. The average Bonchev–Trinajstić information content (AvgIpc) is 2.27. The molecular weight excluding hydrogens is 239 g/mol. The molecule has 15 heavy (non-hydrogen) atoms. The Bertz CT molecular complexity index is 328. The van der Waals surface area contributed by atoms with Gasteiger partial charge in [-0.15, -0.1) is 23.2 Å². The van der Waals surface area contributed by atoms with E-state index in [9.17, 15) is 5.11 Å². The van der Waals surface area contributed by atoms with Gasteiger partial charge in [-0.3, -0.25) is 0 Å². The summed E-state index contributed by atoms with van der Waals surface area (Å²) in [5.74, 6) is 1.13. The standard InChI is InChI=1S/C10H12Cl2O3/c1-14-6-3-4-8(15-2)7(5-6)9(13)10(11)12/h3-5,9-10,13H,1-2H3. The summed E-state index contributed by atoms with van der Waals surface area (Å²) < 4.78 is 10.1. The fraction of sp³-hybridized carbons (Fsp3) is 0.400. The predicted octanol–water partition coefficient (Wildman–Crippen LogP) is 2.54. The van der Waals surface area contributed by atoms with E-state index in [1.165, 1.54) is 14.2 Å². The van der Waals surface area contributed by atoms with Crippen LogP contribution in [0.2, 0.25) is 0 Å². The van der Waals surface area contributed by atoms with Gasteiger partial charge in [-0.2, -0.15) is 0 Å². The monoisotopic (exact) mass is 250 g/mol. The van der Waals surface area contributed by atoms with Gasteiger partial charge in [0.2, 0.25) is 0 Å². The minimum Gasteiger partial charge on any atom is -0.497 e.